The van der Waals surface area contributed by atoms with Crippen LogP contribution in [0.2, 0.25) is 0 Å². The van der Waals surface area contributed by atoms with Crippen molar-refractivity contribution in [1.29, 1.82) is 0 Å². The summed E-state index contributed by atoms with van der Waals surface area (Å²) in [7, 11) is -2.54. The first-order valence-corrected chi connectivity index (χ1v) is 8.15. The molecule has 1 aliphatic heterocycles. The fraction of sp³-hybridized carbons (Fsp3) is 0.600. The highest BCUT2D eigenvalue weighted by molar-refractivity contribution is 7.91. The second-order valence-corrected chi connectivity index (χ2v) is 6.94. The Hall–Kier alpha value is -1.03. The molecule has 2 heterocycles. The number of thiazole rings is 1. The minimum absolute atomic E-state index is 0.0997. The number of nitrogens with one attached hydrogen (secondary N) is 2. The summed E-state index contributed by atoms with van der Waals surface area (Å²) in [6.07, 6.45) is 1.98. The van der Waals surface area contributed by atoms with E-state index in [-0.39, 0.29) is 15.9 Å². The van der Waals surface area contributed by atoms with Crippen molar-refractivity contribution in [2.45, 2.75) is 23.1 Å². The number of sulfonamides is 1. The van der Waals surface area contributed by atoms with Gasteiger partial charge < -0.3 is 10.1 Å². The average molecular weight is 305 g/mol. The fourth-order valence-corrected chi connectivity index (χ4v) is 4.12. The van der Waals surface area contributed by atoms with Crippen LogP contribution in [0.25, 0.3) is 0 Å². The second kappa shape index (κ2) is 5.95. The van der Waals surface area contributed by atoms with Crippen LogP contribution in [0.1, 0.15) is 23.3 Å². The minimum Gasteiger partial charge on any atom is -0.464 e. The SMILES string of the molecule is COC(=O)c1ncsc1S(=O)(=O)NCC1CCCN1. The Balaban J connectivity index is 2.10. The molecule has 0 radical (unpaired) electrons. The molecular formula is C10H15N3O4S2. The van der Waals surface area contributed by atoms with Gasteiger partial charge in [-0.05, 0) is 19.4 Å². The number of carbonyl (C=O) groups excluding carboxylic acids is 1. The molecule has 0 spiro atoms. The van der Waals surface area contributed by atoms with Gasteiger partial charge in [-0.2, -0.15) is 0 Å². The molecule has 2 rings (SSSR count). The molecular weight excluding hydrogens is 290 g/mol. The van der Waals surface area contributed by atoms with Gasteiger partial charge in [0.15, 0.2) is 9.90 Å². The average Bonchev–Trinajstić information content (AvgIpc) is 3.06. The zero-order valence-electron chi connectivity index (χ0n) is 10.4. The van der Waals surface area contributed by atoms with Crippen molar-refractivity contribution >= 4 is 27.3 Å². The van der Waals surface area contributed by atoms with Gasteiger partial charge in [0.25, 0.3) is 10.0 Å². The Morgan fingerprint density at radius 2 is 2.47 bits per heavy atom. The highest BCUT2D eigenvalue weighted by Gasteiger charge is 2.27. The Morgan fingerprint density at radius 3 is 3.11 bits per heavy atom. The van der Waals surface area contributed by atoms with E-state index in [2.05, 4.69) is 19.8 Å². The van der Waals surface area contributed by atoms with Crippen LogP contribution >= 0.6 is 11.3 Å². The van der Waals surface area contributed by atoms with Gasteiger partial charge in [0.05, 0.1) is 12.6 Å². The summed E-state index contributed by atoms with van der Waals surface area (Å²) < 4.78 is 31.1. The summed E-state index contributed by atoms with van der Waals surface area (Å²) in [6.45, 7) is 1.21. The summed E-state index contributed by atoms with van der Waals surface area (Å²) in [6, 6.07) is 0.143. The number of esters is 1. The van der Waals surface area contributed by atoms with E-state index in [1.54, 1.807) is 0 Å². The molecule has 1 unspecified atom stereocenters. The van der Waals surface area contributed by atoms with Crippen LogP contribution in [0.3, 0.4) is 0 Å². The molecule has 0 aromatic carbocycles. The third kappa shape index (κ3) is 3.30. The minimum atomic E-state index is -3.72. The van der Waals surface area contributed by atoms with Gasteiger partial charge in [0, 0.05) is 12.6 Å². The molecule has 0 saturated carbocycles. The lowest BCUT2D eigenvalue weighted by atomic mass is 10.2. The molecule has 0 bridgehead atoms. The molecule has 1 aliphatic rings. The zero-order chi connectivity index (χ0) is 13.9. The van der Waals surface area contributed by atoms with Gasteiger partial charge in [-0.15, -0.1) is 11.3 Å². The molecule has 1 fully saturated rings. The maximum atomic E-state index is 12.1. The third-order valence-corrected chi connectivity index (χ3v) is 5.63. The lowest BCUT2D eigenvalue weighted by Gasteiger charge is -2.11. The predicted octanol–water partition coefficient (Wildman–Crippen LogP) is -0.0400. The normalized spacial score (nSPS) is 19.5. The third-order valence-electron chi connectivity index (χ3n) is 2.84. The van der Waals surface area contributed by atoms with Crippen molar-refractivity contribution in [3.8, 4) is 0 Å². The highest BCUT2D eigenvalue weighted by atomic mass is 32.2. The quantitative estimate of drug-likeness (QED) is 0.741. The first-order valence-electron chi connectivity index (χ1n) is 5.79. The number of carbonyl (C=O) groups is 1. The van der Waals surface area contributed by atoms with Crippen LogP contribution in [0, 0.1) is 0 Å². The molecule has 0 aliphatic carbocycles. The fourth-order valence-electron chi connectivity index (χ4n) is 1.87. The van der Waals surface area contributed by atoms with Crippen molar-refractivity contribution in [3.05, 3.63) is 11.2 Å². The summed E-state index contributed by atoms with van der Waals surface area (Å²) >= 11 is 0.900. The zero-order valence-corrected chi connectivity index (χ0v) is 12.0. The summed E-state index contributed by atoms with van der Waals surface area (Å²) in [4.78, 5) is 15.2. The molecule has 1 aromatic heterocycles. The molecule has 1 atom stereocenters. The van der Waals surface area contributed by atoms with Crippen molar-refractivity contribution in [2.75, 3.05) is 20.2 Å². The highest BCUT2D eigenvalue weighted by Crippen LogP contribution is 2.20. The number of ether oxygens (including phenoxy) is 1. The Kier molecular flexibility index (Phi) is 4.50. The summed E-state index contributed by atoms with van der Waals surface area (Å²) in [5.41, 5.74) is 1.15. The van der Waals surface area contributed by atoms with Crippen LogP contribution in [-0.4, -0.2) is 45.6 Å². The van der Waals surface area contributed by atoms with E-state index in [0.29, 0.717) is 6.54 Å². The number of methoxy groups -OCH3 is 1. The molecule has 1 saturated heterocycles. The second-order valence-electron chi connectivity index (χ2n) is 4.13. The summed E-state index contributed by atoms with van der Waals surface area (Å²) in [5.74, 6) is -0.749. The molecule has 2 N–H and O–H groups in total. The van der Waals surface area contributed by atoms with E-state index in [0.717, 1.165) is 30.7 Å². The van der Waals surface area contributed by atoms with Crippen LogP contribution in [0.5, 0.6) is 0 Å². The van der Waals surface area contributed by atoms with Crippen molar-refractivity contribution in [1.82, 2.24) is 15.0 Å². The number of rotatable bonds is 5. The lowest BCUT2D eigenvalue weighted by molar-refractivity contribution is 0.0590. The van der Waals surface area contributed by atoms with E-state index in [4.69, 9.17) is 0 Å². The standard InChI is InChI=1S/C10H15N3O4S2/c1-17-9(14)8-10(18-6-12-8)19(15,16)13-5-7-3-2-4-11-7/h6-7,11,13H,2-5H2,1H3. The molecule has 19 heavy (non-hydrogen) atoms. The van der Waals surface area contributed by atoms with Gasteiger partial charge >= 0.3 is 5.97 Å². The lowest BCUT2D eigenvalue weighted by Crippen LogP contribution is -2.37. The first-order chi connectivity index (χ1) is 9.04. The Morgan fingerprint density at radius 1 is 1.68 bits per heavy atom. The monoisotopic (exact) mass is 305 g/mol. The van der Waals surface area contributed by atoms with Crippen LogP contribution in [0.4, 0.5) is 0 Å². The van der Waals surface area contributed by atoms with Gasteiger partial charge in [-0.1, -0.05) is 0 Å². The summed E-state index contributed by atoms with van der Waals surface area (Å²) in [5, 5.41) is 3.19. The van der Waals surface area contributed by atoms with E-state index in [9.17, 15) is 13.2 Å². The number of aromatic nitrogens is 1. The maximum absolute atomic E-state index is 12.1. The molecule has 106 valence electrons. The van der Waals surface area contributed by atoms with Gasteiger partial charge in [-0.25, -0.2) is 22.9 Å². The van der Waals surface area contributed by atoms with Crippen molar-refractivity contribution in [2.24, 2.45) is 0 Å². The number of hydrogen-bond acceptors (Lipinski definition) is 7. The smallest absolute Gasteiger partial charge is 0.358 e. The topological polar surface area (TPSA) is 97.4 Å². The first kappa shape index (κ1) is 14.4. The van der Waals surface area contributed by atoms with Crippen LogP contribution in [-0.2, 0) is 14.8 Å². The van der Waals surface area contributed by atoms with Gasteiger partial charge in [-0.3, -0.25) is 0 Å². The van der Waals surface area contributed by atoms with Crippen LogP contribution in [0.15, 0.2) is 9.72 Å². The van der Waals surface area contributed by atoms with E-state index >= 15 is 0 Å². The van der Waals surface area contributed by atoms with E-state index < -0.39 is 16.0 Å². The molecule has 7 nitrogen and oxygen atoms in total. The van der Waals surface area contributed by atoms with E-state index in [1.807, 2.05) is 0 Å². The maximum Gasteiger partial charge on any atom is 0.358 e. The van der Waals surface area contributed by atoms with Crippen molar-refractivity contribution < 1.29 is 17.9 Å². The number of nitrogens with zero attached hydrogens (tertiary/aromatic N) is 1. The van der Waals surface area contributed by atoms with Gasteiger partial charge in [0.1, 0.15) is 0 Å². The number of hydrogen-bond donors (Lipinski definition) is 2. The Labute approximate surface area is 115 Å². The predicted molar refractivity (Wildman–Crippen MR) is 69.7 cm³/mol. The van der Waals surface area contributed by atoms with Gasteiger partial charge in [0.2, 0.25) is 0 Å². The van der Waals surface area contributed by atoms with E-state index in [1.165, 1.54) is 12.6 Å². The molecule has 1 aromatic rings. The largest absolute Gasteiger partial charge is 0.464 e. The molecule has 0 amide bonds. The Bertz CT molecular complexity index is 549. The van der Waals surface area contributed by atoms with Crippen molar-refractivity contribution in [3.63, 3.8) is 0 Å². The van der Waals surface area contributed by atoms with Crippen LogP contribution < -0.4 is 10.0 Å². The molecule has 9 heteroatoms.